The number of nitrogens with zero attached hydrogens (tertiary/aromatic N) is 3. The van der Waals surface area contributed by atoms with E-state index in [1.807, 2.05) is 35.2 Å². The minimum atomic E-state index is -0.105. The zero-order valence-corrected chi connectivity index (χ0v) is 17.4. The minimum Gasteiger partial charge on any atom is -0.336 e. The number of carbonyl (C=O) groups is 1. The lowest BCUT2D eigenvalue weighted by molar-refractivity contribution is 0.0625. The normalized spacial score (nSPS) is 14.9. The fourth-order valence-electron chi connectivity index (χ4n) is 3.91. The summed E-state index contributed by atoms with van der Waals surface area (Å²) in [4.78, 5) is 36.7. The molecule has 1 fully saturated rings. The zero-order valence-electron chi connectivity index (χ0n) is 17.4. The molecule has 0 spiro atoms. The van der Waals surface area contributed by atoms with Crippen LogP contribution in [0.25, 0.3) is 10.9 Å². The molecule has 1 N–H and O–H groups in total. The maximum absolute atomic E-state index is 12.8. The third-order valence-corrected chi connectivity index (χ3v) is 5.71. The second-order valence-corrected chi connectivity index (χ2v) is 7.90. The van der Waals surface area contributed by atoms with Crippen molar-refractivity contribution in [1.82, 2.24) is 19.8 Å². The molecule has 2 aromatic carbocycles. The van der Waals surface area contributed by atoms with Gasteiger partial charge >= 0.3 is 0 Å². The van der Waals surface area contributed by atoms with E-state index in [-0.39, 0.29) is 11.5 Å². The molecule has 6 heteroatoms. The first-order valence-electron chi connectivity index (χ1n) is 10.7. The van der Waals surface area contributed by atoms with Crippen LogP contribution < -0.4 is 5.56 Å². The molecule has 1 aromatic heterocycles. The SMILES string of the molecule is CCCCc1ccc(C(=O)N2CCN(Cc3nc4ccccc4c(=O)[nH]3)CC2)cc1. The first kappa shape index (κ1) is 20.3. The van der Waals surface area contributed by atoms with E-state index < -0.39 is 0 Å². The summed E-state index contributed by atoms with van der Waals surface area (Å²) >= 11 is 0. The average molecular weight is 405 g/mol. The molecule has 3 aromatic rings. The van der Waals surface area contributed by atoms with Crippen LogP contribution in [0.2, 0.25) is 0 Å². The number of aromatic nitrogens is 2. The van der Waals surface area contributed by atoms with Gasteiger partial charge in [0.1, 0.15) is 5.82 Å². The quantitative estimate of drug-likeness (QED) is 0.685. The average Bonchev–Trinajstić information content (AvgIpc) is 2.78. The van der Waals surface area contributed by atoms with Gasteiger partial charge in [0, 0.05) is 31.7 Å². The lowest BCUT2D eigenvalue weighted by Gasteiger charge is -2.34. The number of piperazine rings is 1. The molecule has 1 amide bonds. The summed E-state index contributed by atoms with van der Waals surface area (Å²) in [5.41, 5.74) is 2.65. The van der Waals surface area contributed by atoms with Crippen LogP contribution in [-0.2, 0) is 13.0 Å². The molecule has 4 rings (SSSR count). The van der Waals surface area contributed by atoms with Crippen molar-refractivity contribution < 1.29 is 4.79 Å². The molecule has 1 aliphatic rings. The highest BCUT2D eigenvalue weighted by Crippen LogP contribution is 2.13. The Balaban J connectivity index is 1.34. The fourth-order valence-corrected chi connectivity index (χ4v) is 3.91. The van der Waals surface area contributed by atoms with E-state index >= 15 is 0 Å². The highest BCUT2D eigenvalue weighted by molar-refractivity contribution is 5.94. The van der Waals surface area contributed by atoms with Gasteiger partial charge in [-0.3, -0.25) is 14.5 Å². The van der Waals surface area contributed by atoms with Crippen LogP contribution in [0.1, 0.15) is 41.5 Å². The van der Waals surface area contributed by atoms with Crippen LogP contribution in [-0.4, -0.2) is 51.9 Å². The largest absolute Gasteiger partial charge is 0.336 e. The summed E-state index contributed by atoms with van der Waals surface area (Å²) in [7, 11) is 0. The summed E-state index contributed by atoms with van der Waals surface area (Å²) in [6.07, 6.45) is 3.41. The Labute approximate surface area is 176 Å². The molecular formula is C24H28N4O2. The maximum atomic E-state index is 12.8. The van der Waals surface area contributed by atoms with Gasteiger partial charge in [0.15, 0.2) is 0 Å². The van der Waals surface area contributed by atoms with Crippen LogP contribution in [0.5, 0.6) is 0 Å². The van der Waals surface area contributed by atoms with Gasteiger partial charge in [-0.2, -0.15) is 0 Å². The number of aromatic amines is 1. The fraction of sp³-hybridized carbons (Fsp3) is 0.375. The van der Waals surface area contributed by atoms with Crippen molar-refractivity contribution in [2.24, 2.45) is 0 Å². The van der Waals surface area contributed by atoms with Crippen molar-refractivity contribution >= 4 is 16.8 Å². The molecule has 156 valence electrons. The van der Waals surface area contributed by atoms with Gasteiger partial charge in [-0.15, -0.1) is 0 Å². The Bertz CT molecular complexity index is 1070. The number of para-hydroxylation sites is 1. The predicted octanol–water partition coefficient (Wildman–Crippen LogP) is 3.22. The van der Waals surface area contributed by atoms with Gasteiger partial charge in [0.2, 0.25) is 0 Å². The van der Waals surface area contributed by atoms with E-state index in [0.29, 0.717) is 36.4 Å². The molecule has 0 aliphatic carbocycles. The molecule has 0 radical (unpaired) electrons. The number of aryl methyl sites for hydroxylation is 1. The molecular weight excluding hydrogens is 376 g/mol. The van der Waals surface area contributed by atoms with Gasteiger partial charge in [0.05, 0.1) is 17.4 Å². The van der Waals surface area contributed by atoms with E-state index in [9.17, 15) is 9.59 Å². The van der Waals surface area contributed by atoms with Crippen molar-refractivity contribution in [2.45, 2.75) is 32.7 Å². The van der Waals surface area contributed by atoms with Gasteiger partial charge < -0.3 is 9.88 Å². The van der Waals surface area contributed by atoms with E-state index in [1.165, 1.54) is 18.4 Å². The van der Waals surface area contributed by atoms with E-state index in [1.54, 1.807) is 6.07 Å². The Morgan fingerprint density at radius 3 is 2.50 bits per heavy atom. The van der Waals surface area contributed by atoms with E-state index in [4.69, 9.17) is 0 Å². The number of hydrogen-bond donors (Lipinski definition) is 1. The van der Waals surface area contributed by atoms with Crippen molar-refractivity contribution in [3.63, 3.8) is 0 Å². The predicted molar refractivity (Wildman–Crippen MR) is 119 cm³/mol. The molecule has 0 unspecified atom stereocenters. The maximum Gasteiger partial charge on any atom is 0.258 e. The van der Waals surface area contributed by atoms with E-state index in [2.05, 4.69) is 33.9 Å². The highest BCUT2D eigenvalue weighted by Gasteiger charge is 2.22. The molecule has 30 heavy (non-hydrogen) atoms. The number of hydrogen-bond acceptors (Lipinski definition) is 4. The van der Waals surface area contributed by atoms with Crippen LogP contribution in [0.3, 0.4) is 0 Å². The summed E-state index contributed by atoms with van der Waals surface area (Å²) in [6, 6.07) is 15.4. The second kappa shape index (κ2) is 9.22. The number of nitrogens with one attached hydrogen (secondary N) is 1. The highest BCUT2D eigenvalue weighted by atomic mass is 16.2. The standard InChI is InChI=1S/C24H28N4O2/c1-2-3-6-18-9-11-19(12-10-18)24(30)28-15-13-27(14-16-28)17-22-25-21-8-5-4-7-20(21)23(29)26-22/h4-5,7-12H,2-3,6,13-17H2,1H3,(H,25,26,29). The zero-order chi connectivity index (χ0) is 20.9. The van der Waals surface area contributed by atoms with Gasteiger partial charge in [-0.1, -0.05) is 37.6 Å². The van der Waals surface area contributed by atoms with Crippen LogP contribution >= 0.6 is 0 Å². The van der Waals surface area contributed by atoms with Crippen molar-refractivity contribution in [1.29, 1.82) is 0 Å². The summed E-state index contributed by atoms with van der Waals surface area (Å²) in [6.45, 7) is 5.63. The van der Waals surface area contributed by atoms with Crippen molar-refractivity contribution in [2.75, 3.05) is 26.2 Å². The minimum absolute atomic E-state index is 0.0916. The van der Waals surface area contributed by atoms with Crippen molar-refractivity contribution in [3.8, 4) is 0 Å². The molecule has 6 nitrogen and oxygen atoms in total. The molecule has 1 aliphatic heterocycles. The molecule has 1 saturated heterocycles. The van der Waals surface area contributed by atoms with Gasteiger partial charge in [-0.05, 0) is 42.7 Å². The molecule has 0 saturated carbocycles. The number of H-pyrrole nitrogens is 1. The number of carbonyl (C=O) groups excluding carboxylic acids is 1. The van der Waals surface area contributed by atoms with Crippen LogP contribution in [0.4, 0.5) is 0 Å². The molecule has 0 bridgehead atoms. The van der Waals surface area contributed by atoms with Crippen LogP contribution in [0.15, 0.2) is 53.3 Å². The Morgan fingerprint density at radius 2 is 1.77 bits per heavy atom. The van der Waals surface area contributed by atoms with E-state index in [0.717, 1.165) is 25.1 Å². The number of unbranched alkanes of at least 4 members (excludes halogenated alkanes) is 1. The third-order valence-electron chi connectivity index (χ3n) is 5.71. The van der Waals surface area contributed by atoms with Crippen LogP contribution in [0, 0.1) is 0 Å². The lowest BCUT2D eigenvalue weighted by Crippen LogP contribution is -2.48. The first-order valence-corrected chi connectivity index (χ1v) is 10.7. The summed E-state index contributed by atoms with van der Waals surface area (Å²) < 4.78 is 0. The molecule has 2 heterocycles. The molecule has 0 atom stereocenters. The number of amides is 1. The Morgan fingerprint density at radius 1 is 1.03 bits per heavy atom. The summed E-state index contributed by atoms with van der Waals surface area (Å²) in [5, 5.41) is 0.609. The number of fused-ring (bicyclic) bond motifs is 1. The van der Waals surface area contributed by atoms with Crippen molar-refractivity contribution in [3.05, 3.63) is 75.8 Å². The number of rotatable bonds is 6. The summed E-state index contributed by atoms with van der Waals surface area (Å²) in [5.74, 6) is 0.759. The third kappa shape index (κ3) is 4.60. The first-order chi connectivity index (χ1) is 14.6. The lowest BCUT2D eigenvalue weighted by atomic mass is 10.1. The Hall–Kier alpha value is -2.99. The Kier molecular flexibility index (Phi) is 6.23. The topological polar surface area (TPSA) is 69.3 Å². The smallest absolute Gasteiger partial charge is 0.258 e. The number of benzene rings is 2. The van der Waals surface area contributed by atoms with Gasteiger partial charge in [0.25, 0.3) is 11.5 Å². The monoisotopic (exact) mass is 404 g/mol. The van der Waals surface area contributed by atoms with Gasteiger partial charge in [-0.25, -0.2) is 4.98 Å². The second-order valence-electron chi connectivity index (χ2n) is 7.90.